The molecule has 3 heterocycles. The van der Waals surface area contributed by atoms with Crippen LogP contribution < -0.4 is 0 Å². The third-order valence-corrected chi connectivity index (χ3v) is 6.17. The number of carbonyl (C=O) groups is 1. The van der Waals surface area contributed by atoms with Crippen LogP contribution >= 0.6 is 0 Å². The van der Waals surface area contributed by atoms with Gasteiger partial charge in [0.2, 0.25) is 0 Å². The van der Waals surface area contributed by atoms with Crippen LogP contribution in [0.3, 0.4) is 0 Å². The normalized spacial score (nSPS) is 15.5. The third kappa shape index (κ3) is 3.66. The summed E-state index contributed by atoms with van der Waals surface area (Å²) in [5.41, 5.74) is 3.21. The van der Waals surface area contributed by atoms with Gasteiger partial charge in [0, 0.05) is 25.2 Å². The number of aromatic hydroxyl groups is 1. The second-order valence-corrected chi connectivity index (χ2v) is 8.87. The molecule has 1 aliphatic heterocycles. The van der Waals surface area contributed by atoms with E-state index in [1.807, 2.05) is 59.7 Å². The number of likely N-dealkylation sites (tertiary alicyclic amines) is 1. The largest absolute Gasteiger partial charge is 0.507 e. The molecule has 0 spiro atoms. The van der Waals surface area contributed by atoms with Crippen molar-refractivity contribution in [3.8, 4) is 5.75 Å². The maximum atomic E-state index is 13.3. The minimum absolute atomic E-state index is 0.0820. The molecule has 1 fully saturated rings. The van der Waals surface area contributed by atoms with E-state index >= 15 is 0 Å². The van der Waals surface area contributed by atoms with E-state index in [-0.39, 0.29) is 23.5 Å². The van der Waals surface area contributed by atoms with Gasteiger partial charge in [-0.15, -0.1) is 10.2 Å². The summed E-state index contributed by atoms with van der Waals surface area (Å²) in [4.78, 5) is 15.2. The van der Waals surface area contributed by atoms with E-state index in [1.165, 1.54) is 0 Å². The second kappa shape index (κ2) is 8.09. The quantitative estimate of drug-likeness (QED) is 0.682. The Morgan fingerprint density at radius 2 is 1.80 bits per heavy atom. The first-order chi connectivity index (χ1) is 14.4. The SMILES string of the molecule is CC(C)c1cc(C(=O)N2CCC(c3nnc4ccccn34)CC2)c(O)c(C(C)C)c1. The smallest absolute Gasteiger partial charge is 0.257 e. The van der Waals surface area contributed by atoms with Crippen molar-refractivity contribution >= 4 is 11.6 Å². The summed E-state index contributed by atoms with van der Waals surface area (Å²) < 4.78 is 2.04. The molecule has 4 rings (SSSR count). The minimum atomic E-state index is -0.0820. The number of nitrogens with zero attached hydrogens (tertiary/aromatic N) is 4. The number of hydrogen-bond donors (Lipinski definition) is 1. The monoisotopic (exact) mass is 406 g/mol. The van der Waals surface area contributed by atoms with E-state index < -0.39 is 0 Å². The van der Waals surface area contributed by atoms with Crippen LogP contribution in [0.5, 0.6) is 5.75 Å². The first kappa shape index (κ1) is 20.4. The lowest BCUT2D eigenvalue weighted by molar-refractivity contribution is 0.0707. The lowest BCUT2D eigenvalue weighted by atomic mass is 9.90. The van der Waals surface area contributed by atoms with E-state index in [4.69, 9.17) is 0 Å². The number of rotatable bonds is 4. The highest BCUT2D eigenvalue weighted by Crippen LogP contribution is 2.35. The van der Waals surface area contributed by atoms with Gasteiger partial charge in [-0.1, -0.05) is 39.8 Å². The van der Waals surface area contributed by atoms with Crippen molar-refractivity contribution in [2.75, 3.05) is 13.1 Å². The summed E-state index contributed by atoms with van der Waals surface area (Å²) in [5.74, 6) is 1.73. The molecule has 0 bridgehead atoms. The van der Waals surface area contributed by atoms with Crippen LogP contribution in [0.2, 0.25) is 0 Å². The van der Waals surface area contributed by atoms with Crippen molar-refractivity contribution in [3.63, 3.8) is 0 Å². The number of amides is 1. The van der Waals surface area contributed by atoms with Crippen LogP contribution in [0.25, 0.3) is 5.65 Å². The Bertz CT molecular complexity index is 1060. The van der Waals surface area contributed by atoms with Crippen molar-refractivity contribution in [2.45, 2.75) is 58.3 Å². The molecular weight excluding hydrogens is 376 g/mol. The van der Waals surface area contributed by atoms with E-state index in [1.54, 1.807) is 0 Å². The number of pyridine rings is 1. The van der Waals surface area contributed by atoms with Crippen molar-refractivity contribution in [1.82, 2.24) is 19.5 Å². The van der Waals surface area contributed by atoms with Gasteiger partial charge in [0.25, 0.3) is 5.91 Å². The number of phenolic OH excluding ortho intramolecular Hbond substituents is 1. The average molecular weight is 407 g/mol. The van der Waals surface area contributed by atoms with E-state index in [0.717, 1.165) is 35.4 Å². The summed E-state index contributed by atoms with van der Waals surface area (Å²) in [6, 6.07) is 9.79. The van der Waals surface area contributed by atoms with E-state index in [2.05, 4.69) is 24.0 Å². The fourth-order valence-electron chi connectivity index (χ4n) is 4.27. The van der Waals surface area contributed by atoms with Crippen molar-refractivity contribution < 1.29 is 9.90 Å². The fourth-order valence-corrected chi connectivity index (χ4v) is 4.27. The number of hydrogen-bond acceptors (Lipinski definition) is 4. The minimum Gasteiger partial charge on any atom is -0.507 e. The highest BCUT2D eigenvalue weighted by atomic mass is 16.3. The second-order valence-electron chi connectivity index (χ2n) is 8.87. The Kier molecular flexibility index (Phi) is 5.50. The van der Waals surface area contributed by atoms with Gasteiger partial charge in [-0.25, -0.2) is 0 Å². The first-order valence-corrected chi connectivity index (χ1v) is 10.8. The topological polar surface area (TPSA) is 70.7 Å². The van der Waals surface area contributed by atoms with Gasteiger partial charge in [-0.3, -0.25) is 9.20 Å². The molecule has 1 saturated heterocycles. The van der Waals surface area contributed by atoms with Gasteiger partial charge in [-0.2, -0.15) is 0 Å². The Hall–Kier alpha value is -2.89. The first-order valence-electron chi connectivity index (χ1n) is 10.8. The number of carbonyl (C=O) groups excluding carboxylic acids is 1. The number of piperidine rings is 1. The van der Waals surface area contributed by atoms with Gasteiger partial charge in [0.05, 0.1) is 5.56 Å². The summed E-state index contributed by atoms with van der Waals surface area (Å²) >= 11 is 0. The van der Waals surface area contributed by atoms with Crippen LogP contribution in [0, 0.1) is 0 Å². The highest BCUT2D eigenvalue weighted by molar-refractivity contribution is 5.97. The molecule has 0 unspecified atom stereocenters. The molecular formula is C24H30N4O2. The maximum absolute atomic E-state index is 13.3. The molecule has 1 amide bonds. The van der Waals surface area contributed by atoms with Gasteiger partial charge < -0.3 is 10.0 Å². The van der Waals surface area contributed by atoms with Gasteiger partial charge in [0.1, 0.15) is 11.6 Å². The van der Waals surface area contributed by atoms with Crippen LogP contribution in [-0.2, 0) is 0 Å². The summed E-state index contributed by atoms with van der Waals surface area (Å²) in [6.07, 6.45) is 3.66. The Morgan fingerprint density at radius 3 is 2.47 bits per heavy atom. The lowest BCUT2D eigenvalue weighted by Crippen LogP contribution is -2.38. The Balaban J connectivity index is 1.55. The molecule has 6 heteroatoms. The molecule has 2 aromatic heterocycles. The Labute approximate surface area is 177 Å². The van der Waals surface area contributed by atoms with Crippen LogP contribution in [0.15, 0.2) is 36.5 Å². The standard InChI is InChI=1S/C24H30N4O2/c1-15(2)18-13-19(16(3)4)22(29)20(14-18)24(30)27-11-8-17(9-12-27)23-26-25-21-7-5-6-10-28(21)23/h5-7,10,13-17,29H,8-9,11-12H2,1-4H3. The van der Waals surface area contributed by atoms with Gasteiger partial charge in [0.15, 0.2) is 5.65 Å². The molecule has 30 heavy (non-hydrogen) atoms. The average Bonchev–Trinajstić information content (AvgIpc) is 3.17. The zero-order valence-corrected chi connectivity index (χ0v) is 18.2. The third-order valence-electron chi connectivity index (χ3n) is 6.17. The molecule has 158 valence electrons. The molecule has 0 atom stereocenters. The summed E-state index contributed by atoms with van der Waals surface area (Å²) in [7, 11) is 0. The molecule has 1 N–H and O–H groups in total. The van der Waals surface area contributed by atoms with Crippen molar-refractivity contribution in [1.29, 1.82) is 0 Å². The van der Waals surface area contributed by atoms with Crippen LogP contribution in [0.4, 0.5) is 0 Å². The zero-order chi connectivity index (χ0) is 21.4. The predicted molar refractivity (Wildman–Crippen MR) is 117 cm³/mol. The van der Waals surface area contributed by atoms with Crippen LogP contribution in [0.1, 0.15) is 85.6 Å². The number of benzene rings is 1. The Morgan fingerprint density at radius 1 is 1.07 bits per heavy atom. The molecule has 1 aliphatic rings. The zero-order valence-electron chi connectivity index (χ0n) is 18.2. The van der Waals surface area contributed by atoms with Gasteiger partial charge >= 0.3 is 0 Å². The van der Waals surface area contributed by atoms with Crippen molar-refractivity contribution in [2.24, 2.45) is 0 Å². The molecule has 0 radical (unpaired) electrons. The molecule has 1 aromatic carbocycles. The molecule has 6 nitrogen and oxygen atoms in total. The van der Waals surface area contributed by atoms with Crippen molar-refractivity contribution in [3.05, 3.63) is 59.0 Å². The predicted octanol–water partition coefficient (Wildman–Crippen LogP) is 4.70. The van der Waals surface area contributed by atoms with Gasteiger partial charge in [-0.05, 0) is 54.0 Å². The van der Waals surface area contributed by atoms with Crippen LogP contribution in [-0.4, -0.2) is 43.6 Å². The van der Waals surface area contributed by atoms with E-state index in [9.17, 15) is 9.90 Å². The maximum Gasteiger partial charge on any atom is 0.257 e. The molecule has 0 saturated carbocycles. The summed E-state index contributed by atoms with van der Waals surface area (Å²) in [5, 5.41) is 19.5. The molecule has 0 aliphatic carbocycles. The summed E-state index contributed by atoms with van der Waals surface area (Å²) in [6.45, 7) is 9.60. The lowest BCUT2D eigenvalue weighted by Gasteiger charge is -2.32. The number of phenols is 1. The fraction of sp³-hybridized carbons (Fsp3) is 0.458. The highest BCUT2D eigenvalue weighted by Gasteiger charge is 2.29. The van der Waals surface area contributed by atoms with E-state index in [0.29, 0.717) is 24.6 Å². The number of fused-ring (bicyclic) bond motifs is 1. The number of aromatic nitrogens is 3. The molecule has 3 aromatic rings.